The van der Waals surface area contributed by atoms with Gasteiger partial charge in [0.2, 0.25) is 0 Å². The molecule has 4 rings (SSSR count). The first-order chi connectivity index (χ1) is 19.3. The molecule has 1 unspecified atom stereocenters. The zero-order valence-corrected chi connectivity index (χ0v) is 23.9. The molecule has 8 nitrogen and oxygen atoms in total. The van der Waals surface area contributed by atoms with Crippen molar-refractivity contribution >= 4 is 35.2 Å². The van der Waals surface area contributed by atoms with Crippen LogP contribution >= 0.6 is 0 Å². The largest absolute Gasteiger partial charge is 0.465 e. The first-order valence-corrected chi connectivity index (χ1v) is 13.9. The molecule has 3 aromatic rings. The van der Waals surface area contributed by atoms with Crippen LogP contribution in [0.5, 0.6) is 0 Å². The average Bonchev–Trinajstić information content (AvgIpc) is 3.45. The summed E-state index contributed by atoms with van der Waals surface area (Å²) >= 11 is 0. The molecule has 0 saturated carbocycles. The number of amides is 1. The number of anilines is 1. The number of carbonyl (C=O) groups is 3. The van der Waals surface area contributed by atoms with Crippen LogP contribution in [-0.4, -0.2) is 47.2 Å². The van der Waals surface area contributed by atoms with E-state index in [1.165, 1.54) is 7.11 Å². The van der Waals surface area contributed by atoms with E-state index in [-0.39, 0.29) is 18.5 Å². The first-order valence-electron chi connectivity index (χ1n) is 13.9. The summed E-state index contributed by atoms with van der Waals surface area (Å²) in [7, 11) is 1.36. The van der Waals surface area contributed by atoms with Gasteiger partial charge in [-0.25, -0.2) is 14.6 Å². The summed E-state index contributed by atoms with van der Waals surface area (Å²) in [5.74, 6) is -0.0806. The minimum atomic E-state index is -0.696. The van der Waals surface area contributed by atoms with Crippen LogP contribution in [0.25, 0.3) is 11.6 Å². The highest BCUT2D eigenvalue weighted by Gasteiger charge is 2.41. The highest BCUT2D eigenvalue weighted by Crippen LogP contribution is 2.42. The van der Waals surface area contributed by atoms with Gasteiger partial charge in [-0.2, -0.15) is 0 Å². The van der Waals surface area contributed by atoms with Gasteiger partial charge in [-0.1, -0.05) is 44.5 Å². The molecule has 0 fully saturated rings. The van der Waals surface area contributed by atoms with Crippen LogP contribution in [0.15, 0.2) is 48.7 Å². The summed E-state index contributed by atoms with van der Waals surface area (Å²) in [4.78, 5) is 45.2. The lowest BCUT2D eigenvalue weighted by Crippen LogP contribution is -2.44. The van der Waals surface area contributed by atoms with Crippen molar-refractivity contribution in [2.24, 2.45) is 0 Å². The second-order valence-electron chi connectivity index (χ2n) is 9.88. The number of methoxy groups -OCH3 is 1. The van der Waals surface area contributed by atoms with Crippen LogP contribution in [0.2, 0.25) is 0 Å². The van der Waals surface area contributed by atoms with E-state index in [9.17, 15) is 14.4 Å². The Balaban J connectivity index is 1.78. The number of hydrogen-bond acceptors (Lipinski definition) is 6. The fraction of sp³-hybridized carbons (Fsp3) is 0.375. The van der Waals surface area contributed by atoms with Crippen LogP contribution in [0, 0.1) is 6.92 Å². The van der Waals surface area contributed by atoms with Gasteiger partial charge in [-0.05, 0) is 62.1 Å². The van der Waals surface area contributed by atoms with Gasteiger partial charge < -0.3 is 14.0 Å². The van der Waals surface area contributed by atoms with Gasteiger partial charge in [-0.3, -0.25) is 9.69 Å². The van der Waals surface area contributed by atoms with Crippen molar-refractivity contribution in [2.75, 3.05) is 18.6 Å². The van der Waals surface area contributed by atoms with Gasteiger partial charge in [-0.15, -0.1) is 0 Å². The maximum absolute atomic E-state index is 14.1. The lowest BCUT2D eigenvalue weighted by atomic mass is 10.0. The summed E-state index contributed by atoms with van der Waals surface area (Å²) in [5, 5.41) is 0. The molecule has 2 heterocycles. The maximum Gasteiger partial charge on any atom is 0.337 e. The molecule has 0 spiro atoms. The number of fused-ring (bicyclic) bond motifs is 1. The third-order valence-electron chi connectivity index (χ3n) is 7.11. The topological polar surface area (TPSA) is 90.7 Å². The lowest BCUT2D eigenvalue weighted by molar-refractivity contribution is -0.145. The van der Waals surface area contributed by atoms with Crippen molar-refractivity contribution in [3.63, 3.8) is 0 Å². The molecule has 40 heavy (non-hydrogen) atoms. The summed E-state index contributed by atoms with van der Waals surface area (Å²) in [6.45, 7) is 8.62. The van der Waals surface area contributed by atoms with Gasteiger partial charge in [0.05, 0.1) is 42.4 Å². The number of nitrogens with zero attached hydrogens (tertiary/aromatic N) is 3. The summed E-state index contributed by atoms with van der Waals surface area (Å²) in [6.07, 6.45) is 6.61. The highest BCUT2D eigenvalue weighted by atomic mass is 16.5. The molecule has 8 heteroatoms. The third kappa shape index (κ3) is 5.71. The number of aromatic nitrogens is 2. The van der Waals surface area contributed by atoms with E-state index < -0.39 is 12.0 Å². The number of rotatable bonds is 11. The van der Waals surface area contributed by atoms with E-state index in [4.69, 9.17) is 9.47 Å². The Labute approximate surface area is 235 Å². The Bertz CT molecular complexity index is 1420. The number of imidazole rings is 1. The number of hydrogen-bond donors (Lipinski definition) is 0. The van der Waals surface area contributed by atoms with Gasteiger partial charge >= 0.3 is 11.9 Å². The SMILES string of the molecule is CCCc1ncc(/C=C2\C(=O)N(C(CCC)C(=O)OCC)c3cccc(C)c32)n1Cc1ccc(C(=O)OC)cc1. The molecule has 1 atom stereocenters. The molecule has 0 saturated heterocycles. The molecule has 1 aliphatic heterocycles. The Morgan fingerprint density at radius 1 is 1.05 bits per heavy atom. The highest BCUT2D eigenvalue weighted by molar-refractivity contribution is 6.37. The molecular weight excluding hydrogens is 506 g/mol. The number of aryl methyl sites for hydroxylation is 2. The second-order valence-corrected chi connectivity index (χ2v) is 9.88. The standard InChI is InChI=1S/C32H37N3O5/c1-6-10-27(32(38)40-8-3)35-26-13-9-12-21(4)29(26)25(30(35)36)18-24-19-33-28(11-7-2)34(24)20-22-14-16-23(17-15-22)31(37)39-5/h9,12-19,27H,6-8,10-11,20H2,1-5H3/b25-18-. The van der Waals surface area contributed by atoms with Gasteiger partial charge in [0.1, 0.15) is 11.9 Å². The van der Waals surface area contributed by atoms with E-state index in [1.807, 2.05) is 50.3 Å². The Kier molecular flexibility index (Phi) is 9.19. The predicted octanol–water partition coefficient (Wildman–Crippen LogP) is 5.60. The van der Waals surface area contributed by atoms with E-state index in [1.54, 1.807) is 30.2 Å². The number of benzene rings is 2. The Hall–Kier alpha value is -4.20. The van der Waals surface area contributed by atoms with E-state index in [0.29, 0.717) is 24.1 Å². The number of ether oxygens (including phenoxy) is 2. The average molecular weight is 544 g/mol. The van der Waals surface area contributed by atoms with Gasteiger partial charge in [0.15, 0.2) is 0 Å². The van der Waals surface area contributed by atoms with Crippen molar-refractivity contribution in [1.82, 2.24) is 9.55 Å². The molecule has 0 bridgehead atoms. The summed E-state index contributed by atoms with van der Waals surface area (Å²) < 4.78 is 12.3. The smallest absolute Gasteiger partial charge is 0.337 e. The summed E-state index contributed by atoms with van der Waals surface area (Å²) in [6, 6.07) is 12.4. The minimum Gasteiger partial charge on any atom is -0.465 e. The molecule has 2 aromatic carbocycles. The summed E-state index contributed by atoms with van der Waals surface area (Å²) in [5.41, 5.74) is 5.30. The number of esters is 2. The van der Waals surface area contributed by atoms with Crippen LogP contribution in [0.4, 0.5) is 5.69 Å². The minimum absolute atomic E-state index is 0.219. The van der Waals surface area contributed by atoms with Crippen LogP contribution in [0.3, 0.4) is 0 Å². The maximum atomic E-state index is 14.1. The van der Waals surface area contributed by atoms with Crippen molar-refractivity contribution in [2.45, 2.75) is 66.0 Å². The Morgan fingerprint density at radius 2 is 1.80 bits per heavy atom. The van der Waals surface area contributed by atoms with Crippen molar-refractivity contribution in [3.8, 4) is 0 Å². The molecule has 1 aromatic heterocycles. The molecule has 0 aliphatic carbocycles. The number of carbonyl (C=O) groups excluding carboxylic acids is 3. The fourth-order valence-corrected chi connectivity index (χ4v) is 5.20. The lowest BCUT2D eigenvalue weighted by Gasteiger charge is -2.26. The van der Waals surface area contributed by atoms with E-state index in [0.717, 1.165) is 53.2 Å². The fourth-order valence-electron chi connectivity index (χ4n) is 5.20. The Morgan fingerprint density at radius 3 is 2.45 bits per heavy atom. The van der Waals surface area contributed by atoms with Crippen molar-refractivity contribution < 1.29 is 23.9 Å². The van der Waals surface area contributed by atoms with Gasteiger partial charge in [0.25, 0.3) is 5.91 Å². The van der Waals surface area contributed by atoms with Crippen LogP contribution in [0.1, 0.15) is 78.6 Å². The molecule has 0 N–H and O–H groups in total. The molecular formula is C32H37N3O5. The van der Waals surface area contributed by atoms with Crippen LogP contribution < -0.4 is 4.90 Å². The molecule has 1 aliphatic rings. The normalized spacial score (nSPS) is 14.4. The van der Waals surface area contributed by atoms with E-state index >= 15 is 0 Å². The van der Waals surface area contributed by atoms with Gasteiger partial charge in [0, 0.05) is 18.5 Å². The first kappa shape index (κ1) is 28.8. The van der Waals surface area contributed by atoms with Crippen molar-refractivity contribution in [1.29, 1.82) is 0 Å². The third-order valence-corrected chi connectivity index (χ3v) is 7.11. The monoisotopic (exact) mass is 543 g/mol. The molecule has 0 radical (unpaired) electrons. The van der Waals surface area contributed by atoms with E-state index in [2.05, 4.69) is 16.5 Å². The van der Waals surface area contributed by atoms with Crippen LogP contribution in [-0.2, 0) is 32.0 Å². The molecule has 1 amide bonds. The quantitative estimate of drug-likeness (QED) is 0.231. The zero-order chi connectivity index (χ0) is 28.8. The second kappa shape index (κ2) is 12.8. The van der Waals surface area contributed by atoms with Crippen molar-refractivity contribution in [3.05, 3.63) is 82.4 Å². The zero-order valence-electron chi connectivity index (χ0n) is 23.9. The predicted molar refractivity (Wildman–Crippen MR) is 155 cm³/mol. The molecule has 210 valence electrons.